The van der Waals surface area contributed by atoms with Gasteiger partial charge < -0.3 is 20.9 Å². The van der Waals surface area contributed by atoms with Gasteiger partial charge in [0, 0.05) is 6.42 Å². The first-order chi connectivity index (χ1) is 11.2. The first kappa shape index (κ1) is 14.9. The van der Waals surface area contributed by atoms with Crippen molar-refractivity contribution in [2.24, 2.45) is 0 Å². The zero-order valence-corrected chi connectivity index (χ0v) is 12.8. The number of fused-ring (bicyclic) bond motifs is 1. The van der Waals surface area contributed by atoms with Crippen LogP contribution in [-0.4, -0.2) is 23.7 Å². The van der Waals surface area contributed by atoms with Gasteiger partial charge in [0.2, 0.25) is 5.95 Å². The Hall–Kier alpha value is -3.02. The molecule has 0 unspecified atom stereocenters. The number of methoxy groups -OCH3 is 1. The molecule has 3 aromatic rings. The molecular weight excluding hydrogens is 292 g/mol. The highest BCUT2D eigenvalue weighted by Gasteiger charge is 2.09. The molecule has 4 N–H and O–H groups in total. The second-order valence-corrected chi connectivity index (χ2v) is 5.07. The SMILES string of the molecule is COc1cccc(CCOc2cccc3nc(N)nc(N)c23)c1. The van der Waals surface area contributed by atoms with Crippen molar-refractivity contribution < 1.29 is 9.47 Å². The zero-order valence-electron chi connectivity index (χ0n) is 12.8. The van der Waals surface area contributed by atoms with Gasteiger partial charge in [-0.2, -0.15) is 4.98 Å². The van der Waals surface area contributed by atoms with Crippen LogP contribution in [0.5, 0.6) is 11.5 Å². The van der Waals surface area contributed by atoms with Crippen molar-refractivity contribution in [2.75, 3.05) is 25.2 Å². The van der Waals surface area contributed by atoms with E-state index in [1.165, 1.54) is 0 Å². The summed E-state index contributed by atoms with van der Waals surface area (Å²) in [7, 11) is 1.65. The molecular formula is C17H18N4O2. The number of aromatic nitrogens is 2. The number of nitrogens with two attached hydrogens (primary N) is 2. The summed E-state index contributed by atoms with van der Waals surface area (Å²) < 4.78 is 11.1. The van der Waals surface area contributed by atoms with Gasteiger partial charge in [-0.25, -0.2) is 4.98 Å². The number of nitrogens with zero attached hydrogens (tertiary/aromatic N) is 2. The van der Waals surface area contributed by atoms with E-state index >= 15 is 0 Å². The molecule has 0 bridgehead atoms. The first-order valence-corrected chi connectivity index (χ1v) is 7.25. The van der Waals surface area contributed by atoms with E-state index in [4.69, 9.17) is 20.9 Å². The Bertz CT molecular complexity index is 836. The summed E-state index contributed by atoms with van der Waals surface area (Å²) in [5.41, 5.74) is 13.4. The molecule has 1 heterocycles. The minimum absolute atomic E-state index is 0.156. The predicted molar refractivity (Wildman–Crippen MR) is 90.6 cm³/mol. The molecule has 0 amide bonds. The lowest BCUT2D eigenvalue weighted by Crippen LogP contribution is -2.05. The number of anilines is 2. The standard InChI is InChI=1S/C17H18N4O2/c1-22-12-5-2-4-11(10-12)8-9-23-14-7-3-6-13-15(14)16(18)21-17(19)20-13/h2-7,10H,8-9H2,1H3,(H4,18,19,20,21). The average molecular weight is 310 g/mol. The smallest absolute Gasteiger partial charge is 0.222 e. The van der Waals surface area contributed by atoms with Crippen LogP contribution in [0, 0.1) is 0 Å². The normalized spacial score (nSPS) is 10.7. The molecule has 118 valence electrons. The van der Waals surface area contributed by atoms with Gasteiger partial charge in [-0.15, -0.1) is 0 Å². The second kappa shape index (κ2) is 6.39. The lowest BCUT2D eigenvalue weighted by molar-refractivity contribution is 0.325. The van der Waals surface area contributed by atoms with E-state index in [-0.39, 0.29) is 5.95 Å². The van der Waals surface area contributed by atoms with E-state index in [9.17, 15) is 0 Å². The van der Waals surface area contributed by atoms with Crippen LogP contribution in [0.2, 0.25) is 0 Å². The van der Waals surface area contributed by atoms with Gasteiger partial charge in [0.25, 0.3) is 0 Å². The predicted octanol–water partition coefficient (Wildman–Crippen LogP) is 2.42. The van der Waals surface area contributed by atoms with E-state index in [2.05, 4.69) is 9.97 Å². The monoisotopic (exact) mass is 310 g/mol. The molecule has 0 atom stereocenters. The minimum Gasteiger partial charge on any atom is -0.497 e. The second-order valence-electron chi connectivity index (χ2n) is 5.07. The van der Waals surface area contributed by atoms with Crippen LogP contribution in [0.3, 0.4) is 0 Å². The van der Waals surface area contributed by atoms with Gasteiger partial charge >= 0.3 is 0 Å². The molecule has 0 aliphatic rings. The third-order valence-electron chi connectivity index (χ3n) is 3.51. The van der Waals surface area contributed by atoms with Crippen LogP contribution >= 0.6 is 0 Å². The third-order valence-corrected chi connectivity index (χ3v) is 3.51. The van der Waals surface area contributed by atoms with Crippen molar-refractivity contribution in [3.8, 4) is 11.5 Å². The summed E-state index contributed by atoms with van der Waals surface area (Å²) in [6.07, 6.45) is 0.753. The van der Waals surface area contributed by atoms with Crippen molar-refractivity contribution in [1.82, 2.24) is 9.97 Å². The van der Waals surface area contributed by atoms with Crippen molar-refractivity contribution in [3.63, 3.8) is 0 Å². The maximum absolute atomic E-state index is 5.95. The quantitative estimate of drug-likeness (QED) is 0.751. The van der Waals surface area contributed by atoms with Crippen molar-refractivity contribution in [3.05, 3.63) is 48.0 Å². The van der Waals surface area contributed by atoms with Crippen LogP contribution < -0.4 is 20.9 Å². The lowest BCUT2D eigenvalue weighted by atomic mass is 10.1. The highest BCUT2D eigenvalue weighted by Crippen LogP contribution is 2.29. The highest BCUT2D eigenvalue weighted by molar-refractivity contribution is 5.94. The Kier molecular flexibility index (Phi) is 4.14. The number of hydrogen-bond donors (Lipinski definition) is 2. The largest absolute Gasteiger partial charge is 0.497 e. The Labute approximate surface area is 134 Å². The van der Waals surface area contributed by atoms with E-state index in [1.54, 1.807) is 7.11 Å². The summed E-state index contributed by atoms with van der Waals surface area (Å²) in [4.78, 5) is 8.18. The fourth-order valence-electron chi connectivity index (χ4n) is 2.42. The Balaban J connectivity index is 1.77. The molecule has 0 aliphatic heterocycles. The van der Waals surface area contributed by atoms with E-state index in [1.807, 2.05) is 42.5 Å². The lowest BCUT2D eigenvalue weighted by Gasteiger charge is -2.11. The van der Waals surface area contributed by atoms with Gasteiger partial charge in [-0.1, -0.05) is 18.2 Å². The van der Waals surface area contributed by atoms with Crippen LogP contribution in [0.25, 0.3) is 10.9 Å². The zero-order chi connectivity index (χ0) is 16.2. The number of nitrogen functional groups attached to an aromatic ring is 2. The number of hydrogen-bond acceptors (Lipinski definition) is 6. The maximum atomic E-state index is 5.95. The molecule has 0 saturated heterocycles. The topological polar surface area (TPSA) is 96.3 Å². The van der Waals surface area contributed by atoms with Crippen molar-refractivity contribution >= 4 is 22.7 Å². The van der Waals surface area contributed by atoms with Gasteiger partial charge in [0.15, 0.2) is 0 Å². The van der Waals surface area contributed by atoms with Gasteiger partial charge in [-0.05, 0) is 29.8 Å². The van der Waals surface area contributed by atoms with E-state index < -0.39 is 0 Å². The Morgan fingerprint density at radius 1 is 1.04 bits per heavy atom. The molecule has 0 saturated carbocycles. The van der Waals surface area contributed by atoms with Gasteiger partial charge in [0.05, 0.1) is 24.6 Å². The molecule has 0 aliphatic carbocycles. The van der Waals surface area contributed by atoms with Crippen molar-refractivity contribution in [2.45, 2.75) is 6.42 Å². The molecule has 0 spiro atoms. The molecule has 6 nitrogen and oxygen atoms in total. The average Bonchev–Trinajstić information content (AvgIpc) is 2.54. The summed E-state index contributed by atoms with van der Waals surface area (Å²) in [5, 5.41) is 0.687. The molecule has 0 radical (unpaired) electrons. The summed E-state index contributed by atoms with van der Waals surface area (Å²) in [6, 6.07) is 13.4. The number of ether oxygens (including phenoxy) is 2. The van der Waals surface area contributed by atoms with E-state index in [0.29, 0.717) is 29.1 Å². The van der Waals surface area contributed by atoms with Gasteiger partial charge in [0.1, 0.15) is 17.3 Å². The minimum atomic E-state index is 0.156. The molecule has 3 rings (SSSR count). The van der Waals surface area contributed by atoms with Crippen LogP contribution in [0.1, 0.15) is 5.56 Å². The van der Waals surface area contributed by atoms with E-state index in [0.717, 1.165) is 17.7 Å². The molecule has 1 aromatic heterocycles. The van der Waals surface area contributed by atoms with Gasteiger partial charge in [-0.3, -0.25) is 0 Å². The van der Waals surface area contributed by atoms with Crippen molar-refractivity contribution in [1.29, 1.82) is 0 Å². The fourth-order valence-corrected chi connectivity index (χ4v) is 2.42. The third kappa shape index (κ3) is 3.26. The highest BCUT2D eigenvalue weighted by atomic mass is 16.5. The molecule has 0 fully saturated rings. The molecule has 23 heavy (non-hydrogen) atoms. The number of benzene rings is 2. The summed E-state index contributed by atoms with van der Waals surface area (Å²) in [6.45, 7) is 0.510. The Morgan fingerprint density at radius 2 is 1.87 bits per heavy atom. The molecule has 6 heteroatoms. The van der Waals surface area contributed by atoms with Crippen LogP contribution in [0.4, 0.5) is 11.8 Å². The van der Waals surface area contributed by atoms with Crippen LogP contribution in [0.15, 0.2) is 42.5 Å². The maximum Gasteiger partial charge on any atom is 0.222 e. The molecule has 2 aromatic carbocycles. The van der Waals surface area contributed by atoms with Crippen LogP contribution in [-0.2, 0) is 6.42 Å². The number of rotatable bonds is 5. The first-order valence-electron chi connectivity index (χ1n) is 7.25. The summed E-state index contributed by atoms with van der Waals surface area (Å²) >= 11 is 0. The summed E-state index contributed by atoms with van der Waals surface area (Å²) in [5.74, 6) is 1.97. The fraction of sp³-hybridized carbons (Fsp3) is 0.176. The Morgan fingerprint density at radius 3 is 2.70 bits per heavy atom.